The average Bonchev–Trinajstić information content (AvgIpc) is 3.30. The summed E-state index contributed by atoms with van der Waals surface area (Å²) < 4.78 is 1.48. The molecule has 1 saturated carbocycles. The number of carboxylic acid groups (broad SMARTS) is 1. The summed E-state index contributed by atoms with van der Waals surface area (Å²) in [5, 5.41) is 9.39. The van der Waals surface area contributed by atoms with Crippen molar-refractivity contribution in [1.82, 2.24) is 14.5 Å². The van der Waals surface area contributed by atoms with Crippen LogP contribution in [-0.2, 0) is 0 Å². The molecule has 21 heavy (non-hydrogen) atoms. The van der Waals surface area contributed by atoms with E-state index in [9.17, 15) is 14.7 Å². The van der Waals surface area contributed by atoms with Crippen molar-refractivity contribution in [3.05, 3.63) is 46.4 Å². The molecule has 2 aromatic heterocycles. The molecule has 1 aliphatic rings. The maximum absolute atomic E-state index is 12.5. The van der Waals surface area contributed by atoms with E-state index >= 15 is 0 Å². The number of fused-ring (bicyclic) bond motifs is 2. The van der Waals surface area contributed by atoms with Gasteiger partial charge in [0.05, 0.1) is 11.0 Å². The van der Waals surface area contributed by atoms with Crippen molar-refractivity contribution in [3.63, 3.8) is 0 Å². The van der Waals surface area contributed by atoms with Crippen LogP contribution < -0.4 is 5.56 Å². The summed E-state index contributed by atoms with van der Waals surface area (Å²) in [7, 11) is 0. The van der Waals surface area contributed by atoms with Gasteiger partial charge in [0.1, 0.15) is 11.1 Å². The van der Waals surface area contributed by atoms with Crippen LogP contribution in [0.1, 0.15) is 29.2 Å². The lowest BCUT2D eigenvalue weighted by molar-refractivity contribution is 0.0698. The molecule has 1 aliphatic carbocycles. The number of hydrogen-bond acceptors (Lipinski definition) is 4. The lowest BCUT2D eigenvalue weighted by atomic mass is 10.2. The number of carbonyl (C=O) groups is 1. The van der Waals surface area contributed by atoms with Crippen molar-refractivity contribution in [2.75, 3.05) is 0 Å². The Hall–Kier alpha value is -2.76. The molecule has 6 heteroatoms. The van der Waals surface area contributed by atoms with E-state index in [-0.39, 0.29) is 28.2 Å². The van der Waals surface area contributed by atoms with Crippen molar-refractivity contribution >= 4 is 28.0 Å². The van der Waals surface area contributed by atoms with E-state index in [1.54, 1.807) is 18.2 Å². The third-order valence-corrected chi connectivity index (χ3v) is 3.70. The summed E-state index contributed by atoms with van der Waals surface area (Å²) in [6, 6.07) is 7.21. The number of rotatable bonds is 2. The summed E-state index contributed by atoms with van der Waals surface area (Å²) in [5.41, 5.74) is 1.21. The zero-order chi connectivity index (χ0) is 14.6. The Morgan fingerprint density at radius 2 is 1.76 bits per heavy atom. The van der Waals surface area contributed by atoms with Gasteiger partial charge in [-0.05, 0) is 25.0 Å². The Morgan fingerprint density at radius 1 is 1.14 bits per heavy atom. The molecule has 2 heterocycles. The molecule has 6 nitrogen and oxygen atoms in total. The monoisotopic (exact) mass is 281 g/mol. The van der Waals surface area contributed by atoms with Gasteiger partial charge in [0.15, 0.2) is 5.52 Å². The topological polar surface area (TPSA) is 85.1 Å². The van der Waals surface area contributed by atoms with E-state index in [1.165, 1.54) is 10.8 Å². The van der Waals surface area contributed by atoms with E-state index in [0.717, 1.165) is 12.8 Å². The highest BCUT2D eigenvalue weighted by Crippen LogP contribution is 2.34. The second kappa shape index (κ2) is 4.12. The quantitative estimate of drug-likeness (QED) is 0.726. The van der Waals surface area contributed by atoms with Crippen LogP contribution in [-0.4, -0.2) is 25.6 Å². The largest absolute Gasteiger partial charge is 0.478 e. The molecule has 1 fully saturated rings. The highest BCUT2D eigenvalue weighted by atomic mass is 16.4. The third kappa shape index (κ3) is 1.79. The van der Waals surface area contributed by atoms with E-state index < -0.39 is 5.97 Å². The van der Waals surface area contributed by atoms with Crippen LogP contribution >= 0.6 is 0 Å². The number of carboxylic acids is 1. The van der Waals surface area contributed by atoms with Crippen LogP contribution in [0.15, 0.2) is 35.3 Å². The van der Waals surface area contributed by atoms with Gasteiger partial charge < -0.3 is 9.67 Å². The van der Waals surface area contributed by atoms with Crippen molar-refractivity contribution < 1.29 is 9.90 Å². The Labute approximate surface area is 118 Å². The molecule has 3 aromatic rings. The fourth-order valence-corrected chi connectivity index (χ4v) is 2.50. The third-order valence-electron chi connectivity index (χ3n) is 3.70. The van der Waals surface area contributed by atoms with Crippen LogP contribution in [0.25, 0.3) is 22.1 Å². The Morgan fingerprint density at radius 3 is 2.33 bits per heavy atom. The van der Waals surface area contributed by atoms with Crippen LogP contribution in [0, 0.1) is 0 Å². The molecule has 0 atom stereocenters. The fourth-order valence-electron chi connectivity index (χ4n) is 2.50. The summed E-state index contributed by atoms with van der Waals surface area (Å²) in [5.74, 6) is -1.10. The summed E-state index contributed by atoms with van der Waals surface area (Å²) in [4.78, 5) is 32.6. The van der Waals surface area contributed by atoms with Gasteiger partial charge in [-0.3, -0.25) is 4.79 Å². The van der Waals surface area contributed by atoms with E-state index in [0.29, 0.717) is 11.0 Å². The molecule has 0 spiro atoms. The molecule has 0 bridgehead atoms. The van der Waals surface area contributed by atoms with E-state index in [2.05, 4.69) is 9.97 Å². The molecule has 1 aromatic carbocycles. The number of aromatic nitrogens is 3. The second-order valence-electron chi connectivity index (χ2n) is 5.20. The maximum atomic E-state index is 12.5. The minimum Gasteiger partial charge on any atom is -0.478 e. The van der Waals surface area contributed by atoms with Crippen molar-refractivity contribution in [3.8, 4) is 0 Å². The smallest absolute Gasteiger partial charge is 0.339 e. The van der Waals surface area contributed by atoms with E-state index in [1.807, 2.05) is 6.07 Å². The minimum absolute atomic E-state index is 0.0229. The first-order chi connectivity index (χ1) is 10.1. The molecule has 0 saturated heterocycles. The summed E-state index contributed by atoms with van der Waals surface area (Å²) in [6.07, 6.45) is 3.19. The first-order valence-corrected chi connectivity index (χ1v) is 6.70. The van der Waals surface area contributed by atoms with Crippen LogP contribution in [0.5, 0.6) is 0 Å². The molecule has 0 aliphatic heterocycles. The first kappa shape index (κ1) is 12.0. The van der Waals surface area contributed by atoms with Crippen molar-refractivity contribution in [1.29, 1.82) is 0 Å². The van der Waals surface area contributed by atoms with Crippen LogP contribution in [0.4, 0.5) is 0 Å². The zero-order valence-electron chi connectivity index (χ0n) is 11.0. The van der Waals surface area contributed by atoms with Gasteiger partial charge in [-0.2, -0.15) is 0 Å². The maximum Gasteiger partial charge on any atom is 0.339 e. The molecule has 0 unspecified atom stereocenters. The van der Waals surface area contributed by atoms with Crippen LogP contribution in [0.3, 0.4) is 0 Å². The van der Waals surface area contributed by atoms with Crippen molar-refractivity contribution in [2.24, 2.45) is 0 Å². The number of benzene rings is 1. The highest BCUT2D eigenvalue weighted by Gasteiger charge is 2.27. The molecule has 0 radical (unpaired) electrons. The number of para-hydroxylation sites is 2. The molecule has 104 valence electrons. The molecular formula is C15H11N3O3. The number of aromatic carboxylic acids is 1. The van der Waals surface area contributed by atoms with Gasteiger partial charge >= 0.3 is 5.97 Å². The Bertz CT molecular complexity index is 957. The minimum atomic E-state index is -1.10. The lowest BCUT2D eigenvalue weighted by Gasteiger charge is -2.08. The first-order valence-electron chi connectivity index (χ1n) is 6.70. The molecule has 4 rings (SSSR count). The highest BCUT2D eigenvalue weighted by molar-refractivity contribution is 6.02. The second-order valence-corrected chi connectivity index (χ2v) is 5.20. The SMILES string of the molecule is O=C(O)c1cn(C2CC2)c(=O)c2nc3ccccc3nc12. The number of pyridine rings is 1. The van der Waals surface area contributed by atoms with Crippen LogP contribution in [0.2, 0.25) is 0 Å². The van der Waals surface area contributed by atoms with Gasteiger partial charge in [-0.25, -0.2) is 14.8 Å². The summed E-state index contributed by atoms with van der Waals surface area (Å²) in [6.45, 7) is 0. The van der Waals surface area contributed by atoms with Crippen molar-refractivity contribution in [2.45, 2.75) is 18.9 Å². The van der Waals surface area contributed by atoms with E-state index in [4.69, 9.17) is 0 Å². The Kier molecular flexibility index (Phi) is 2.35. The predicted octanol–water partition coefficient (Wildman–Crippen LogP) is 1.98. The van der Waals surface area contributed by atoms with Gasteiger partial charge in [0.25, 0.3) is 5.56 Å². The lowest BCUT2D eigenvalue weighted by Crippen LogP contribution is -2.22. The van der Waals surface area contributed by atoms with Gasteiger partial charge in [-0.1, -0.05) is 12.1 Å². The molecule has 1 N–H and O–H groups in total. The van der Waals surface area contributed by atoms with Gasteiger partial charge in [0.2, 0.25) is 0 Å². The summed E-state index contributed by atoms with van der Waals surface area (Å²) >= 11 is 0. The zero-order valence-corrected chi connectivity index (χ0v) is 11.0. The molecule has 0 amide bonds. The number of nitrogens with zero attached hydrogens (tertiary/aromatic N) is 3. The average molecular weight is 281 g/mol. The molecular weight excluding hydrogens is 270 g/mol. The standard InChI is InChI=1S/C15H11N3O3/c19-14-13-12(16-10-3-1-2-4-11(10)17-13)9(15(20)21)7-18(14)8-5-6-8/h1-4,7-8H,5-6H2,(H,20,21). The van der Waals surface area contributed by atoms with Gasteiger partial charge in [-0.15, -0.1) is 0 Å². The fraction of sp³-hybridized carbons (Fsp3) is 0.200. The number of hydrogen-bond donors (Lipinski definition) is 1. The van der Waals surface area contributed by atoms with Gasteiger partial charge in [0, 0.05) is 12.2 Å². The predicted molar refractivity (Wildman–Crippen MR) is 76.5 cm³/mol. The Balaban J connectivity index is 2.18. The normalized spacial score (nSPS) is 14.7.